The van der Waals surface area contributed by atoms with Crippen molar-refractivity contribution in [1.82, 2.24) is 4.90 Å². The van der Waals surface area contributed by atoms with Crippen LogP contribution in [0.3, 0.4) is 0 Å². The minimum Gasteiger partial charge on any atom is -0.409 e. The summed E-state index contributed by atoms with van der Waals surface area (Å²) >= 11 is 0. The van der Waals surface area contributed by atoms with Crippen molar-refractivity contribution in [1.29, 1.82) is 0 Å². The molecule has 0 bridgehead atoms. The van der Waals surface area contributed by atoms with E-state index in [0.717, 1.165) is 12.8 Å². The van der Waals surface area contributed by atoms with Crippen molar-refractivity contribution in [3.8, 4) is 0 Å². The molecule has 0 aromatic rings. The first-order valence-electron chi connectivity index (χ1n) is 6.37. The smallest absolute Gasteiger partial charge is 0.236 e. The third kappa shape index (κ3) is 2.75. The van der Waals surface area contributed by atoms with E-state index < -0.39 is 5.41 Å². The summed E-state index contributed by atoms with van der Waals surface area (Å²) in [7, 11) is 0. The van der Waals surface area contributed by atoms with Gasteiger partial charge >= 0.3 is 0 Å². The molecule has 1 fully saturated rings. The molecule has 0 radical (unpaired) electrons. The molecular formula is C12H23N3O3. The Kier molecular flexibility index (Phi) is 4.95. The number of hydrogen-bond donors (Lipinski definition) is 3. The van der Waals surface area contributed by atoms with Crippen LogP contribution in [0.2, 0.25) is 0 Å². The predicted octanol–water partition coefficient (Wildman–Crippen LogP) is 0.380. The third-order valence-electron chi connectivity index (χ3n) is 4.01. The van der Waals surface area contributed by atoms with Gasteiger partial charge in [-0.15, -0.1) is 0 Å². The fraction of sp³-hybridized carbons (Fsp3) is 0.833. The van der Waals surface area contributed by atoms with Gasteiger partial charge in [-0.2, -0.15) is 0 Å². The number of nitrogens with zero attached hydrogens (tertiary/aromatic N) is 2. The van der Waals surface area contributed by atoms with Gasteiger partial charge in [-0.05, 0) is 32.1 Å². The molecular weight excluding hydrogens is 234 g/mol. The van der Waals surface area contributed by atoms with Crippen molar-refractivity contribution >= 4 is 11.7 Å². The molecule has 0 aromatic carbocycles. The van der Waals surface area contributed by atoms with Gasteiger partial charge in [-0.1, -0.05) is 12.1 Å². The number of hydrogen-bond acceptors (Lipinski definition) is 4. The second kappa shape index (κ2) is 6.04. The number of nitrogens with two attached hydrogens (primary N) is 1. The Morgan fingerprint density at radius 3 is 2.44 bits per heavy atom. The van der Waals surface area contributed by atoms with E-state index in [1.165, 1.54) is 0 Å². The van der Waals surface area contributed by atoms with Gasteiger partial charge in [0.15, 0.2) is 5.84 Å². The predicted molar refractivity (Wildman–Crippen MR) is 68.2 cm³/mol. The molecule has 6 nitrogen and oxygen atoms in total. The molecule has 1 rings (SSSR count). The highest BCUT2D eigenvalue weighted by Gasteiger charge is 2.40. The molecule has 18 heavy (non-hydrogen) atoms. The summed E-state index contributed by atoms with van der Waals surface area (Å²) < 4.78 is 0. The molecule has 1 aliphatic heterocycles. The Bertz CT molecular complexity index is 325. The Morgan fingerprint density at radius 2 is 2.06 bits per heavy atom. The zero-order valence-electron chi connectivity index (χ0n) is 11.1. The summed E-state index contributed by atoms with van der Waals surface area (Å²) in [5.74, 6) is 0.141. The van der Waals surface area contributed by atoms with Crippen molar-refractivity contribution in [2.75, 3.05) is 19.7 Å². The summed E-state index contributed by atoms with van der Waals surface area (Å²) in [5, 5.41) is 20.8. The van der Waals surface area contributed by atoms with Crippen LogP contribution in [0, 0.1) is 11.3 Å². The maximum absolute atomic E-state index is 12.4. The van der Waals surface area contributed by atoms with Crippen LogP contribution in [-0.4, -0.2) is 46.7 Å². The molecule has 4 N–H and O–H groups in total. The summed E-state index contributed by atoms with van der Waals surface area (Å²) in [5.41, 5.74) is 4.69. The van der Waals surface area contributed by atoms with Crippen LogP contribution < -0.4 is 5.73 Å². The van der Waals surface area contributed by atoms with Crippen molar-refractivity contribution in [2.45, 2.75) is 33.1 Å². The number of piperidine rings is 1. The molecule has 1 saturated heterocycles. The minimum absolute atomic E-state index is 0.0423. The quantitative estimate of drug-likeness (QED) is 0.293. The Hall–Kier alpha value is -1.30. The lowest BCUT2D eigenvalue weighted by Crippen LogP contribution is -2.51. The zero-order valence-corrected chi connectivity index (χ0v) is 11.1. The van der Waals surface area contributed by atoms with E-state index >= 15 is 0 Å². The number of aliphatic hydroxyl groups excluding tert-OH is 1. The molecule has 1 unspecified atom stereocenters. The number of oxime groups is 1. The lowest BCUT2D eigenvalue weighted by atomic mass is 9.83. The van der Waals surface area contributed by atoms with Crippen LogP contribution in [-0.2, 0) is 4.79 Å². The molecule has 1 atom stereocenters. The molecule has 1 heterocycles. The van der Waals surface area contributed by atoms with Gasteiger partial charge in [0, 0.05) is 19.7 Å². The molecule has 6 heteroatoms. The fourth-order valence-electron chi connectivity index (χ4n) is 2.22. The number of amides is 1. The van der Waals surface area contributed by atoms with E-state index in [1.54, 1.807) is 11.8 Å². The average Bonchev–Trinajstić information content (AvgIpc) is 2.44. The van der Waals surface area contributed by atoms with E-state index in [2.05, 4.69) is 5.16 Å². The van der Waals surface area contributed by atoms with Crippen molar-refractivity contribution in [3.63, 3.8) is 0 Å². The number of likely N-dealkylation sites (tertiary alicyclic amines) is 1. The summed E-state index contributed by atoms with van der Waals surface area (Å²) in [6.07, 6.45) is 2.10. The van der Waals surface area contributed by atoms with Crippen LogP contribution in [0.25, 0.3) is 0 Å². The van der Waals surface area contributed by atoms with E-state index in [-0.39, 0.29) is 24.3 Å². The Morgan fingerprint density at radius 1 is 1.50 bits per heavy atom. The van der Waals surface area contributed by atoms with Crippen molar-refractivity contribution in [3.05, 3.63) is 0 Å². The van der Waals surface area contributed by atoms with Crippen molar-refractivity contribution in [2.24, 2.45) is 22.2 Å². The van der Waals surface area contributed by atoms with Gasteiger partial charge < -0.3 is 20.9 Å². The summed E-state index contributed by atoms with van der Waals surface area (Å²) in [4.78, 5) is 14.2. The maximum atomic E-state index is 12.4. The molecule has 0 saturated carbocycles. The summed E-state index contributed by atoms with van der Waals surface area (Å²) in [6, 6.07) is 0. The lowest BCUT2D eigenvalue weighted by Gasteiger charge is -2.37. The van der Waals surface area contributed by atoms with E-state index in [4.69, 9.17) is 16.0 Å². The van der Waals surface area contributed by atoms with Crippen LogP contribution >= 0.6 is 0 Å². The van der Waals surface area contributed by atoms with E-state index in [0.29, 0.717) is 19.5 Å². The van der Waals surface area contributed by atoms with E-state index in [9.17, 15) is 4.79 Å². The normalized spacial score (nSPS) is 21.7. The van der Waals surface area contributed by atoms with Crippen LogP contribution in [0.15, 0.2) is 5.16 Å². The van der Waals surface area contributed by atoms with Crippen LogP contribution in [0.5, 0.6) is 0 Å². The topological polar surface area (TPSA) is 99.2 Å². The molecule has 0 aromatic heterocycles. The number of carbonyl (C=O) groups excluding carboxylic acids is 1. The zero-order chi connectivity index (χ0) is 13.8. The van der Waals surface area contributed by atoms with Crippen LogP contribution in [0.1, 0.15) is 33.1 Å². The van der Waals surface area contributed by atoms with Gasteiger partial charge in [0.1, 0.15) is 5.41 Å². The van der Waals surface area contributed by atoms with Crippen LogP contribution in [0.4, 0.5) is 0 Å². The molecule has 104 valence electrons. The number of rotatable bonds is 4. The van der Waals surface area contributed by atoms with Gasteiger partial charge in [0.05, 0.1) is 0 Å². The van der Waals surface area contributed by atoms with Gasteiger partial charge in [0.25, 0.3) is 0 Å². The second-order valence-electron chi connectivity index (χ2n) is 5.09. The Labute approximate surface area is 107 Å². The van der Waals surface area contributed by atoms with Gasteiger partial charge in [0.2, 0.25) is 5.91 Å². The first-order valence-corrected chi connectivity index (χ1v) is 6.37. The van der Waals surface area contributed by atoms with E-state index in [1.807, 2.05) is 6.92 Å². The lowest BCUT2D eigenvalue weighted by molar-refractivity contribution is -0.139. The summed E-state index contributed by atoms with van der Waals surface area (Å²) in [6.45, 7) is 4.96. The van der Waals surface area contributed by atoms with Gasteiger partial charge in [-0.3, -0.25) is 4.79 Å². The number of carbonyl (C=O) groups is 1. The molecule has 1 amide bonds. The second-order valence-corrected chi connectivity index (χ2v) is 5.09. The fourth-order valence-corrected chi connectivity index (χ4v) is 2.22. The Balaban J connectivity index is 2.75. The monoisotopic (exact) mass is 257 g/mol. The van der Waals surface area contributed by atoms with Gasteiger partial charge in [-0.25, -0.2) is 0 Å². The third-order valence-corrected chi connectivity index (χ3v) is 4.01. The molecule has 0 aliphatic carbocycles. The minimum atomic E-state index is -0.944. The van der Waals surface area contributed by atoms with Crippen molar-refractivity contribution < 1.29 is 15.1 Å². The average molecular weight is 257 g/mol. The first kappa shape index (κ1) is 14.8. The standard InChI is InChI=1S/C12H23N3O3/c1-3-12(2,10(13)14-18)11(17)15-6-4-9(8-16)5-7-15/h9,16,18H,3-8H2,1-2H3,(H2,13,14). The molecule has 0 spiro atoms. The highest BCUT2D eigenvalue weighted by molar-refractivity contribution is 6.06. The SMILES string of the molecule is CCC(C)(C(=O)N1CCC(CO)CC1)C(N)=NO. The maximum Gasteiger partial charge on any atom is 0.236 e. The molecule has 1 aliphatic rings. The number of amidine groups is 1. The highest BCUT2D eigenvalue weighted by Crippen LogP contribution is 2.27. The first-order chi connectivity index (χ1) is 8.49. The number of aliphatic hydroxyl groups is 1. The highest BCUT2D eigenvalue weighted by atomic mass is 16.4. The largest absolute Gasteiger partial charge is 0.409 e.